The maximum absolute atomic E-state index is 13.4. The summed E-state index contributed by atoms with van der Waals surface area (Å²) in [6.45, 7) is 0. The SMILES string of the molecule is O=[N+]([O-])[C@]1(F)C[C@@H]2CC[C@H]1C2. The maximum Gasteiger partial charge on any atom is 0.361 e. The van der Waals surface area contributed by atoms with E-state index in [9.17, 15) is 14.5 Å². The van der Waals surface area contributed by atoms with Gasteiger partial charge in [0.25, 0.3) is 0 Å². The topological polar surface area (TPSA) is 43.1 Å². The molecule has 62 valence electrons. The fourth-order valence-corrected chi connectivity index (χ4v) is 2.46. The van der Waals surface area contributed by atoms with Crippen molar-refractivity contribution in [2.45, 2.75) is 31.5 Å². The molecule has 0 heterocycles. The van der Waals surface area contributed by atoms with E-state index in [4.69, 9.17) is 0 Å². The van der Waals surface area contributed by atoms with Crippen molar-refractivity contribution in [3.8, 4) is 0 Å². The van der Waals surface area contributed by atoms with Gasteiger partial charge in [0, 0.05) is 0 Å². The number of rotatable bonds is 1. The molecule has 0 aromatic carbocycles. The van der Waals surface area contributed by atoms with E-state index in [1.807, 2.05) is 0 Å². The second-order valence-corrected chi connectivity index (χ2v) is 3.66. The largest absolute Gasteiger partial charge is 0.361 e. The fraction of sp³-hybridized carbons (Fsp3) is 1.00. The van der Waals surface area contributed by atoms with Gasteiger partial charge in [-0.3, -0.25) is 10.1 Å². The highest BCUT2D eigenvalue weighted by Gasteiger charge is 2.61. The van der Waals surface area contributed by atoms with Crippen LogP contribution in [-0.4, -0.2) is 10.7 Å². The summed E-state index contributed by atoms with van der Waals surface area (Å²) in [5, 5.41) is 10.3. The summed E-state index contributed by atoms with van der Waals surface area (Å²) in [5.41, 5.74) is 0. The van der Waals surface area contributed by atoms with Gasteiger partial charge in [-0.2, -0.15) is 4.39 Å². The Hall–Kier alpha value is -0.670. The van der Waals surface area contributed by atoms with E-state index in [1.165, 1.54) is 0 Å². The predicted molar refractivity (Wildman–Crippen MR) is 36.3 cm³/mol. The van der Waals surface area contributed by atoms with E-state index in [1.54, 1.807) is 0 Å². The summed E-state index contributed by atoms with van der Waals surface area (Å²) in [5.74, 6) is -2.07. The highest BCUT2D eigenvalue weighted by Crippen LogP contribution is 2.52. The van der Waals surface area contributed by atoms with Crippen LogP contribution in [0.4, 0.5) is 4.39 Å². The minimum Gasteiger partial charge on any atom is -0.261 e. The summed E-state index contributed by atoms with van der Waals surface area (Å²) in [4.78, 5) is 9.62. The second kappa shape index (κ2) is 1.93. The van der Waals surface area contributed by atoms with E-state index < -0.39 is 10.7 Å². The summed E-state index contributed by atoms with van der Waals surface area (Å²) in [7, 11) is 0. The lowest BCUT2D eigenvalue weighted by molar-refractivity contribution is -0.616. The van der Waals surface area contributed by atoms with Crippen molar-refractivity contribution in [1.29, 1.82) is 0 Å². The van der Waals surface area contributed by atoms with E-state index in [2.05, 4.69) is 0 Å². The molecule has 11 heavy (non-hydrogen) atoms. The molecule has 0 amide bonds. The van der Waals surface area contributed by atoms with Gasteiger partial charge in [0.1, 0.15) is 0 Å². The third kappa shape index (κ3) is 0.781. The zero-order chi connectivity index (χ0) is 8.06. The minimum absolute atomic E-state index is 0.157. The lowest BCUT2D eigenvalue weighted by Gasteiger charge is -2.20. The van der Waals surface area contributed by atoms with Gasteiger partial charge >= 0.3 is 5.79 Å². The molecule has 0 aliphatic heterocycles. The van der Waals surface area contributed by atoms with Crippen molar-refractivity contribution in [2.24, 2.45) is 11.8 Å². The van der Waals surface area contributed by atoms with Gasteiger partial charge in [-0.25, -0.2) is 0 Å². The molecule has 0 unspecified atom stereocenters. The Morgan fingerprint density at radius 1 is 1.55 bits per heavy atom. The van der Waals surface area contributed by atoms with Crippen molar-refractivity contribution < 1.29 is 9.31 Å². The molecule has 0 spiro atoms. The first-order chi connectivity index (χ1) is 5.13. The molecule has 0 radical (unpaired) electrons. The smallest absolute Gasteiger partial charge is 0.261 e. The Kier molecular flexibility index (Phi) is 1.23. The highest BCUT2D eigenvalue weighted by atomic mass is 19.1. The molecule has 0 aromatic heterocycles. The minimum atomic E-state index is -2.07. The predicted octanol–water partition coefficient (Wildman–Crippen LogP) is 1.75. The summed E-state index contributed by atoms with van der Waals surface area (Å²) in [6, 6.07) is 0. The van der Waals surface area contributed by atoms with Crippen LogP contribution in [0.3, 0.4) is 0 Å². The standard InChI is InChI=1S/C7H10FNO2/c8-7(9(10)11)4-5-1-2-6(7)3-5/h5-6H,1-4H2/t5-,6+,7-/m1/s1. The first kappa shape index (κ1) is 7.00. The Morgan fingerprint density at radius 2 is 2.27 bits per heavy atom. The number of halogens is 1. The molecule has 2 bridgehead atoms. The van der Waals surface area contributed by atoms with E-state index in [-0.39, 0.29) is 18.3 Å². The van der Waals surface area contributed by atoms with E-state index in [0.29, 0.717) is 6.42 Å². The monoisotopic (exact) mass is 159 g/mol. The molecule has 0 saturated heterocycles. The Morgan fingerprint density at radius 3 is 2.55 bits per heavy atom. The molecule has 2 aliphatic rings. The van der Waals surface area contributed by atoms with Gasteiger partial charge in [-0.15, -0.1) is 0 Å². The molecule has 0 N–H and O–H groups in total. The van der Waals surface area contributed by atoms with Gasteiger partial charge in [-0.1, -0.05) is 0 Å². The van der Waals surface area contributed by atoms with Crippen molar-refractivity contribution in [2.75, 3.05) is 0 Å². The zero-order valence-corrected chi connectivity index (χ0v) is 6.12. The van der Waals surface area contributed by atoms with Crippen molar-refractivity contribution in [3.05, 3.63) is 10.1 Å². The van der Waals surface area contributed by atoms with Crippen LogP contribution < -0.4 is 0 Å². The lowest BCUT2D eigenvalue weighted by atomic mass is 9.93. The maximum atomic E-state index is 13.4. The third-order valence-corrected chi connectivity index (χ3v) is 3.05. The number of nitro groups is 1. The molecule has 2 aliphatic carbocycles. The third-order valence-electron chi connectivity index (χ3n) is 3.05. The number of hydrogen-bond acceptors (Lipinski definition) is 2. The zero-order valence-electron chi connectivity index (χ0n) is 6.12. The van der Waals surface area contributed by atoms with Gasteiger partial charge < -0.3 is 0 Å². The lowest BCUT2D eigenvalue weighted by Crippen LogP contribution is -2.38. The first-order valence-corrected chi connectivity index (χ1v) is 3.96. The number of fused-ring (bicyclic) bond motifs is 2. The van der Waals surface area contributed by atoms with Crippen LogP contribution in [-0.2, 0) is 0 Å². The van der Waals surface area contributed by atoms with E-state index in [0.717, 1.165) is 12.8 Å². The molecule has 2 saturated carbocycles. The second-order valence-electron chi connectivity index (χ2n) is 3.66. The fourth-order valence-electron chi connectivity index (χ4n) is 2.46. The number of alkyl halides is 1. The van der Waals surface area contributed by atoms with E-state index >= 15 is 0 Å². The molecule has 2 fully saturated rings. The molecule has 3 nitrogen and oxygen atoms in total. The normalized spacial score (nSPS) is 48.1. The summed E-state index contributed by atoms with van der Waals surface area (Å²) >= 11 is 0. The van der Waals surface area contributed by atoms with Crippen LogP contribution in [0, 0.1) is 22.0 Å². The average Bonchev–Trinajstić information content (AvgIpc) is 2.45. The Balaban J connectivity index is 2.23. The molecule has 2 rings (SSSR count). The molecule has 4 heteroatoms. The van der Waals surface area contributed by atoms with Gasteiger partial charge in [-0.05, 0) is 25.2 Å². The Bertz CT molecular complexity index is 209. The molecular formula is C7H10FNO2. The van der Waals surface area contributed by atoms with Crippen LogP contribution in [0.25, 0.3) is 0 Å². The molecular weight excluding hydrogens is 149 g/mol. The van der Waals surface area contributed by atoms with Crippen LogP contribution in [0.1, 0.15) is 25.7 Å². The average molecular weight is 159 g/mol. The summed E-state index contributed by atoms with van der Waals surface area (Å²) in [6.07, 6.45) is 2.59. The van der Waals surface area contributed by atoms with Crippen molar-refractivity contribution >= 4 is 0 Å². The van der Waals surface area contributed by atoms with Crippen LogP contribution in [0.2, 0.25) is 0 Å². The number of nitrogens with zero attached hydrogens (tertiary/aromatic N) is 1. The van der Waals surface area contributed by atoms with Gasteiger partial charge in [0.2, 0.25) is 0 Å². The summed E-state index contributed by atoms with van der Waals surface area (Å²) < 4.78 is 13.4. The van der Waals surface area contributed by atoms with Crippen molar-refractivity contribution in [1.82, 2.24) is 0 Å². The van der Waals surface area contributed by atoms with Crippen LogP contribution >= 0.6 is 0 Å². The van der Waals surface area contributed by atoms with Crippen molar-refractivity contribution in [3.63, 3.8) is 0 Å². The number of hydrogen-bond donors (Lipinski definition) is 0. The highest BCUT2D eigenvalue weighted by molar-refractivity contribution is 4.95. The van der Waals surface area contributed by atoms with Crippen LogP contribution in [0.5, 0.6) is 0 Å². The quantitative estimate of drug-likeness (QED) is 0.332. The van der Waals surface area contributed by atoms with Crippen LogP contribution in [0.15, 0.2) is 0 Å². The first-order valence-electron chi connectivity index (χ1n) is 3.96. The van der Waals surface area contributed by atoms with Gasteiger partial charge in [0.15, 0.2) is 0 Å². The molecule has 3 atom stereocenters. The van der Waals surface area contributed by atoms with Gasteiger partial charge in [0.05, 0.1) is 17.3 Å². The Labute approximate surface area is 63.7 Å². The molecule has 0 aromatic rings.